The fourth-order valence-electron chi connectivity index (χ4n) is 2.16. The van der Waals surface area contributed by atoms with Crippen molar-refractivity contribution >= 4 is 17.5 Å². The molecule has 3 N–H and O–H groups in total. The fourth-order valence-corrected chi connectivity index (χ4v) is 2.28. The minimum Gasteiger partial charge on any atom is -0.349 e. The predicted octanol–water partition coefficient (Wildman–Crippen LogP) is 3.53. The van der Waals surface area contributed by atoms with E-state index in [1.54, 1.807) is 0 Å². The number of rotatable bonds is 7. The summed E-state index contributed by atoms with van der Waals surface area (Å²) in [5.74, 6) is 0.404. The van der Waals surface area contributed by atoms with Gasteiger partial charge in [0.15, 0.2) is 0 Å². The number of halogens is 1. The second kappa shape index (κ2) is 8.28. The van der Waals surface area contributed by atoms with E-state index < -0.39 is 0 Å². The van der Waals surface area contributed by atoms with Gasteiger partial charge >= 0.3 is 0 Å². The minimum atomic E-state index is -0.00731. The Hall–Kier alpha value is -1.06. The molecule has 1 amide bonds. The van der Waals surface area contributed by atoms with Crippen molar-refractivity contribution in [3.05, 3.63) is 34.9 Å². The monoisotopic (exact) mass is 296 g/mol. The van der Waals surface area contributed by atoms with Gasteiger partial charge in [-0.1, -0.05) is 44.5 Å². The largest absolute Gasteiger partial charge is 0.349 e. The highest BCUT2D eigenvalue weighted by Crippen LogP contribution is 2.24. The summed E-state index contributed by atoms with van der Waals surface area (Å²) in [5.41, 5.74) is 6.57. The van der Waals surface area contributed by atoms with Crippen LogP contribution in [0.1, 0.15) is 45.2 Å². The van der Waals surface area contributed by atoms with Crippen LogP contribution < -0.4 is 11.1 Å². The van der Waals surface area contributed by atoms with E-state index in [4.69, 9.17) is 17.3 Å². The molecule has 1 aromatic rings. The van der Waals surface area contributed by atoms with Crippen molar-refractivity contribution in [1.29, 1.82) is 0 Å². The Balaban J connectivity index is 2.72. The normalized spacial score (nSPS) is 14.1. The molecular formula is C16H25ClN2O. The van der Waals surface area contributed by atoms with E-state index in [1.165, 1.54) is 0 Å². The molecule has 112 valence electrons. The van der Waals surface area contributed by atoms with Gasteiger partial charge in [0.1, 0.15) is 0 Å². The zero-order valence-electron chi connectivity index (χ0n) is 12.5. The summed E-state index contributed by atoms with van der Waals surface area (Å²) in [7, 11) is 0. The second-order valence-electron chi connectivity index (χ2n) is 5.61. The maximum atomic E-state index is 12.2. The first-order valence-electron chi connectivity index (χ1n) is 7.21. The Labute approximate surface area is 126 Å². The number of carbonyl (C=O) groups is 1. The summed E-state index contributed by atoms with van der Waals surface area (Å²) >= 11 is 5.91. The predicted molar refractivity (Wildman–Crippen MR) is 84.6 cm³/mol. The van der Waals surface area contributed by atoms with Gasteiger partial charge in [-0.15, -0.1) is 0 Å². The molecule has 0 spiro atoms. The molecule has 0 heterocycles. The molecule has 0 fully saturated rings. The summed E-state index contributed by atoms with van der Waals surface area (Å²) < 4.78 is 0. The maximum Gasteiger partial charge on any atom is 0.223 e. The highest BCUT2D eigenvalue weighted by molar-refractivity contribution is 6.30. The van der Waals surface area contributed by atoms with Crippen molar-refractivity contribution in [3.8, 4) is 0 Å². The van der Waals surface area contributed by atoms with Crippen LogP contribution >= 0.6 is 11.6 Å². The quantitative estimate of drug-likeness (QED) is 0.809. The zero-order chi connectivity index (χ0) is 15.1. The highest BCUT2D eigenvalue weighted by Gasteiger charge is 2.21. The van der Waals surface area contributed by atoms with Crippen LogP contribution in [0.3, 0.4) is 0 Å². The first-order valence-corrected chi connectivity index (χ1v) is 7.59. The standard InChI is InChI=1S/C16H25ClN2O/c1-11(2)15(13-6-8-14(17)9-7-13)19-16(20)12(3)5-4-10-18/h6-9,11-12,15H,4-5,10,18H2,1-3H3,(H,19,20). The van der Waals surface area contributed by atoms with E-state index in [2.05, 4.69) is 19.2 Å². The van der Waals surface area contributed by atoms with E-state index in [0.29, 0.717) is 17.5 Å². The summed E-state index contributed by atoms with van der Waals surface area (Å²) in [6, 6.07) is 7.67. The lowest BCUT2D eigenvalue weighted by Crippen LogP contribution is -2.35. The van der Waals surface area contributed by atoms with E-state index in [9.17, 15) is 4.79 Å². The van der Waals surface area contributed by atoms with Crippen molar-refractivity contribution in [2.45, 2.75) is 39.7 Å². The third-order valence-corrected chi connectivity index (χ3v) is 3.73. The van der Waals surface area contributed by atoms with Crippen molar-refractivity contribution < 1.29 is 4.79 Å². The van der Waals surface area contributed by atoms with Crippen LogP contribution in [-0.2, 0) is 4.79 Å². The molecule has 0 aliphatic rings. The highest BCUT2D eigenvalue weighted by atomic mass is 35.5. The molecule has 0 aliphatic heterocycles. The SMILES string of the molecule is CC(CCCN)C(=O)NC(c1ccc(Cl)cc1)C(C)C. The number of hydrogen-bond acceptors (Lipinski definition) is 2. The van der Waals surface area contributed by atoms with Gasteiger partial charge in [0.25, 0.3) is 0 Å². The van der Waals surface area contributed by atoms with Crippen LogP contribution in [0, 0.1) is 11.8 Å². The van der Waals surface area contributed by atoms with Crippen LogP contribution in [0.2, 0.25) is 5.02 Å². The number of nitrogens with two attached hydrogens (primary N) is 1. The molecule has 0 saturated heterocycles. The van der Waals surface area contributed by atoms with Crippen LogP contribution in [-0.4, -0.2) is 12.5 Å². The van der Waals surface area contributed by atoms with Crippen molar-refractivity contribution in [1.82, 2.24) is 5.32 Å². The summed E-state index contributed by atoms with van der Waals surface area (Å²) in [6.45, 7) is 6.78. The molecule has 0 saturated carbocycles. The molecule has 0 aliphatic carbocycles. The molecule has 1 aromatic carbocycles. The number of hydrogen-bond donors (Lipinski definition) is 2. The van der Waals surface area contributed by atoms with E-state index in [1.807, 2.05) is 31.2 Å². The third-order valence-electron chi connectivity index (χ3n) is 3.48. The van der Waals surface area contributed by atoms with Gasteiger partial charge in [0.05, 0.1) is 6.04 Å². The Morgan fingerprint density at radius 3 is 2.35 bits per heavy atom. The average Bonchev–Trinajstić information content (AvgIpc) is 2.42. The summed E-state index contributed by atoms with van der Waals surface area (Å²) in [5, 5.41) is 3.85. The van der Waals surface area contributed by atoms with Gasteiger partial charge < -0.3 is 11.1 Å². The smallest absolute Gasteiger partial charge is 0.223 e. The molecule has 0 radical (unpaired) electrons. The van der Waals surface area contributed by atoms with E-state index >= 15 is 0 Å². The summed E-state index contributed by atoms with van der Waals surface area (Å²) in [4.78, 5) is 12.2. The minimum absolute atomic E-state index is 0.00731. The molecule has 2 atom stereocenters. The van der Waals surface area contributed by atoms with Crippen LogP contribution in [0.4, 0.5) is 0 Å². The third kappa shape index (κ3) is 5.14. The number of amides is 1. The average molecular weight is 297 g/mol. The molecule has 0 bridgehead atoms. The van der Waals surface area contributed by atoms with Crippen molar-refractivity contribution in [2.24, 2.45) is 17.6 Å². The summed E-state index contributed by atoms with van der Waals surface area (Å²) in [6.07, 6.45) is 1.70. The Kier molecular flexibility index (Phi) is 7.03. The molecule has 2 unspecified atom stereocenters. The lowest BCUT2D eigenvalue weighted by atomic mass is 9.94. The number of benzene rings is 1. The number of carbonyl (C=O) groups excluding carboxylic acids is 1. The van der Waals surface area contributed by atoms with Crippen LogP contribution in [0.15, 0.2) is 24.3 Å². The molecule has 1 rings (SSSR count). The van der Waals surface area contributed by atoms with Crippen LogP contribution in [0.5, 0.6) is 0 Å². The number of nitrogens with one attached hydrogen (secondary N) is 1. The Morgan fingerprint density at radius 2 is 1.85 bits per heavy atom. The maximum absolute atomic E-state index is 12.2. The molecule has 20 heavy (non-hydrogen) atoms. The first kappa shape index (κ1) is 17.0. The van der Waals surface area contributed by atoms with E-state index in [0.717, 1.165) is 18.4 Å². The van der Waals surface area contributed by atoms with Gasteiger partial charge in [0.2, 0.25) is 5.91 Å². The van der Waals surface area contributed by atoms with Gasteiger partial charge in [-0.2, -0.15) is 0 Å². The van der Waals surface area contributed by atoms with Crippen molar-refractivity contribution in [3.63, 3.8) is 0 Å². The zero-order valence-corrected chi connectivity index (χ0v) is 13.3. The Bertz CT molecular complexity index is 417. The second-order valence-corrected chi connectivity index (χ2v) is 6.05. The van der Waals surface area contributed by atoms with Gasteiger partial charge in [-0.25, -0.2) is 0 Å². The van der Waals surface area contributed by atoms with E-state index in [-0.39, 0.29) is 17.9 Å². The lowest BCUT2D eigenvalue weighted by molar-refractivity contribution is -0.125. The molecule has 0 aromatic heterocycles. The van der Waals surface area contributed by atoms with Gasteiger partial charge in [-0.3, -0.25) is 4.79 Å². The van der Waals surface area contributed by atoms with Gasteiger partial charge in [-0.05, 0) is 43.0 Å². The molecule has 4 heteroatoms. The van der Waals surface area contributed by atoms with Gasteiger partial charge in [0, 0.05) is 10.9 Å². The van der Waals surface area contributed by atoms with Crippen molar-refractivity contribution in [2.75, 3.05) is 6.54 Å². The van der Waals surface area contributed by atoms with Crippen LogP contribution in [0.25, 0.3) is 0 Å². The molecular weight excluding hydrogens is 272 g/mol. The topological polar surface area (TPSA) is 55.1 Å². The lowest BCUT2D eigenvalue weighted by Gasteiger charge is -2.25. The Morgan fingerprint density at radius 1 is 1.25 bits per heavy atom. The molecule has 3 nitrogen and oxygen atoms in total. The first-order chi connectivity index (χ1) is 9.45. The fraction of sp³-hybridized carbons (Fsp3) is 0.562.